The van der Waals surface area contributed by atoms with Gasteiger partial charge in [-0.3, -0.25) is 9.59 Å². The summed E-state index contributed by atoms with van der Waals surface area (Å²) < 4.78 is 19.4. The van der Waals surface area contributed by atoms with Crippen molar-refractivity contribution in [3.8, 4) is 0 Å². The smallest absolute Gasteiger partial charge is 0.291 e. The van der Waals surface area contributed by atoms with E-state index in [2.05, 4.69) is 26.6 Å². The van der Waals surface area contributed by atoms with Gasteiger partial charge in [0.15, 0.2) is 5.76 Å². The number of hydrogen-bond donors (Lipinski definition) is 2. The highest BCUT2D eigenvalue weighted by Crippen LogP contribution is 2.23. The van der Waals surface area contributed by atoms with Crippen molar-refractivity contribution in [2.75, 3.05) is 16.4 Å². The van der Waals surface area contributed by atoms with Gasteiger partial charge in [-0.05, 0) is 54.6 Å². The van der Waals surface area contributed by atoms with Gasteiger partial charge in [0.2, 0.25) is 5.91 Å². The topological polar surface area (TPSA) is 71.3 Å². The van der Waals surface area contributed by atoms with Crippen LogP contribution in [0.3, 0.4) is 0 Å². The molecule has 5 nitrogen and oxygen atoms in total. The highest BCUT2D eigenvalue weighted by Gasteiger charge is 2.10. The van der Waals surface area contributed by atoms with E-state index in [0.717, 1.165) is 4.90 Å². The van der Waals surface area contributed by atoms with Crippen LogP contribution in [0, 0.1) is 5.82 Å². The third-order valence-electron chi connectivity index (χ3n) is 3.43. The van der Waals surface area contributed by atoms with Gasteiger partial charge in [0.05, 0.1) is 17.7 Å². The molecule has 1 aromatic heterocycles. The first-order valence-electron chi connectivity index (χ1n) is 7.84. The average Bonchev–Trinajstić information content (AvgIpc) is 3.18. The van der Waals surface area contributed by atoms with Gasteiger partial charge in [-0.1, -0.05) is 15.9 Å². The summed E-state index contributed by atoms with van der Waals surface area (Å²) in [5.41, 5.74) is 0.752. The minimum absolute atomic E-state index is 0.133. The Kier molecular flexibility index (Phi) is 6.31. The second-order valence-electron chi connectivity index (χ2n) is 5.42. The fourth-order valence-corrected chi connectivity index (χ4v) is 3.19. The number of carbonyl (C=O) groups excluding carboxylic acids is 2. The number of nitrogens with one attached hydrogen (secondary N) is 2. The Labute approximate surface area is 167 Å². The van der Waals surface area contributed by atoms with E-state index in [1.807, 2.05) is 0 Å². The Morgan fingerprint density at radius 1 is 1.07 bits per heavy atom. The highest BCUT2D eigenvalue weighted by atomic mass is 79.9. The lowest BCUT2D eigenvalue weighted by atomic mass is 10.3. The maximum atomic E-state index is 13.7. The van der Waals surface area contributed by atoms with Gasteiger partial charge in [0.25, 0.3) is 5.91 Å². The van der Waals surface area contributed by atoms with Crippen molar-refractivity contribution in [1.29, 1.82) is 0 Å². The molecule has 0 aliphatic heterocycles. The van der Waals surface area contributed by atoms with Gasteiger partial charge in [0.1, 0.15) is 5.82 Å². The first kappa shape index (κ1) is 19.2. The number of carbonyl (C=O) groups is 2. The summed E-state index contributed by atoms with van der Waals surface area (Å²) in [4.78, 5) is 24.7. The zero-order valence-corrected chi connectivity index (χ0v) is 16.3. The normalized spacial score (nSPS) is 10.4. The zero-order valence-electron chi connectivity index (χ0n) is 13.9. The number of halogens is 2. The molecule has 0 saturated carbocycles. The van der Waals surface area contributed by atoms with E-state index in [-0.39, 0.29) is 29.0 Å². The molecule has 3 aromatic rings. The van der Waals surface area contributed by atoms with Crippen molar-refractivity contribution in [1.82, 2.24) is 0 Å². The highest BCUT2D eigenvalue weighted by molar-refractivity contribution is 9.10. The van der Waals surface area contributed by atoms with Crippen molar-refractivity contribution in [2.24, 2.45) is 0 Å². The molecule has 0 fully saturated rings. The number of anilines is 2. The predicted molar refractivity (Wildman–Crippen MR) is 107 cm³/mol. The van der Waals surface area contributed by atoms with Crippen LogP contribution in [0.15, 0.2) is 74.6 Å². The number of benzene rings is 2. The minimum atomic E-state index is -0.501. The van der Waals surface area contributed by atoms with Gasteiger partial charge < -0.3 is 15.1 Å². The van der Waals surface area contributed by atoms with Crippen molar-refractivity contribution >= 4 is 50.9 Å². The monoisotopic (exact) mass is 448 g/mol. The standard InChI is InChI=1S/C19H14BrFN2O3S/c20-12-3-8-16(15(21)10-12)23-18(24)11-27-14-6-4-13(5-7-14)22-19(25)17-2-1-9-26-17/h1-10H,11H2,(H,22,25)(H,23,24). The lowest BCUT2D eigenvalue weighted by Gasteiger charge is -2.07. The van der Waals surface area contributed by atoms with E-state index in [4.69, 9.17) is 4.42 Å². The van der Waals surface area contributed by atoms with Crippen LogP contribution in [0.25, 0.3) is 0 Å². The summed E-state index contributed by atoms with van der Waals surface area (Å²) in [6.07, 6.45) is 1.43. The summed E-state index contributed by atoms with van der Waals surface area (Å²) >= 11 is 4.47. The fraction of sp³-hybridized carbons (Fsp3) is 0.0526. The van der Waals surface area contributed by atoms with E-state index in [1.54, 1.807) is 42.5 Å². The van der Waals surface area contributed by atoms with Crippen LogP contribution in [-0.2, 0) is 4.79 Å². The van der Waals surface area contributed by atoms with Crippen molar-refractivity contribution in [3.05, 3.63) is 76.9 Å². The van der Waals surface area contributed by atoms with Crippen LogP contribution in [0.4, 0.5) is 15.8 Å². The minimum Gasteiger partial charge on any atom is -0.459 e. The summed E-state index contributed by atoms with van der Waals surface area (Å²) in [7, 11) is 0. The molecule has 2 amide bonds. The van der Waals surface area contributed by atoms with Gasteiger partial charge >= 0.3 is 0 Å². The first-order chi connectivity index (χ1) is 13.0. The summed E-state index contributed by atoms with van der Waals surface area (Å²) in [5.74, 6) is -0.787. The average molecular weight is 449 g/mol. The Hall–Kier alpha value is -2.58. The van der Waals surface area contributed by atoms with E-state index in [0.29, 0.717) is 10.2 Å². The second kappa shape index (κ2) is 8.88. The van der Waals surface area contributed by atoms with Crippen LogP contribution in [-0.4, -0.2) is 17.6 Å². The Morgan fingerprint density at radius 2 is 1.85 bits per heavy atom. The van der Waals surface area contributed by atoms with Crippen LogP contribution in [0.2, 0.25) is 0 Å². The molecule has 0 spiro atoms. The molecule has 0 radical (unpaired) electrons. The number of furan rings is 1. The molecule has 3 rings (SSSR count). The van der Waals surface area contributed by atoms with Gasteiger partial charge in [-0.2, -0.15) is 0 Å². The van der Waals surface area contributed by atoms with Crippen molar-refractivity contribution in [2.45, 2.75) is 4.90 Å². The van der Waals surface area contributed by atoms with Crippen LogP contribution < -0.4 is 10.6 Å². The molecule has 0 saturated heterocycles. The first-order valence-corrected chi connectivity index (χ1v) is 9.62. The molecule has 0 unspecified atom stereocenters. The van der Waals surface area contributed by atoms with E-state index in [1.165, 1.54) is 30.2 Å². The lowest BCUT2D eigenvalue weighted by Crippen LogP contribution is -2.15. The molecule has 1 heterocycles. The molecule has 0 aliphatic carbocycles. The molecular formula is C19H14BrFN2O3S. The lowest BCUT2D eigenvalue weighted by molar-refractivity contribution is -0.113. The van der Waals surface area contributed by atoms with Crippen LogP contribution >= 0.6 is 27.7 Å². The van der Waals surface area contributed by atoms with Gasteiger partial charge in [-0.25, -0.2) is 4.39 Å². The molecule has 2 N–H and O–H groups in total. The van der Waals surface area contributed by atoms with Crippen LogP contribution in [0.5, 0.6) is 0 Å². The maximum absolute atomic E-state index is 13.7. The number of hydrogen-bond acceptors (Lipinski definition) is 4. The molecule has 0 atom stereocenters. The summed E-state index contributed by atoms with van der Waals surface area (Å²) in [5, 5.41) is 5.25. The van der Waals surface area contributed by atoms with Gasteiger partial charge in [-0.15, -0.1) is 11.8 Å². The van der Waals surface area contributed by atoms with Crippen molar-refractivity contribution in [3.63, 3.8) is 0 Å². The molecular weight excluding hydrogens is 435 g/mol. The Morgan fingerprint density at radius 3 is 2.52 bits per heavy atom. The van der Waals surface area contributed by atoms with E-state index >= 15 is 0 Å². The number of amides is 2. The summed E-state index contributed by atoms with van der Waals surface area (Å²) in [6, 6.07) is 14.7. The number of thioether (sulfide) groups is 1. The molecule has 138 valence electrons. The quantitative estimate of drug-likeness (QED) is 0.510. The van der Waals surface area contributed by atoms with E-state index < -0.39 is 5.82 Å². The third-order valence-corrected chi connectivity index (χ3v) is 4.94. The third kappa shape index (κ3) is 5.45. The largest absolute Gasteiger partial charge is 0.459 e. The SMILES string of the molecule is O=C(CSc1ccc(NC(=O)c2ccco2)cc1)Nc1ccc(Br)cc1F. The molecule has 27 heavy (non-hydrogen) atoms. The van der Waals surface area contributed by atoms with Gasteiger partial charge in [0, 0.05) is 15.1 Å². The predicted octanol–water partition coefficient (Wildman–Crippen LogP) is 5.16. The number of rotatable bonds is 6. The van der Waals surface area contributed by atoms with Crippen LogP contribution in [0.1, 0.15) is 10.6 Å². The molecule has 2 aromatic carbocycles. The molecule has 8 heteroatoms. The van der Waals surface area contributed by atoms with E-state index in [9.17, 15) is 14.0 Å². The Balaban J connectivity index is 1.51. The second-order valence-corrected chi connectivity index (χ2v) is 7.38. The Bertz CT molecular complexity index is 946. The molecule has 0 aliphatic rings. The van der Waals surface area contributed by atoms with Crippen molar-refractivity contribution < 1.29 is 18.4 Å². The molecule has 0 bridgehead atoms. The maximum Gasteiger partial charge on any atom is 0.291 e. The summed E-state index contributed by atoms with van der Waals surface area (Å²) in [6.45, 7) is 0. The fourth-order valence-electron chi connectivity index (χ4n) is 2.16. The zero-order chi connectivity index (χ0) is 19.2.